The molecule has 0 heterocycles. The highest BCUT2D eigenvalue weighted by molar-refractivity contribution is 5.82. The van der Waals surface area contributed by atoms with Crippen molar-refractivity contribution in [3.63, 3.8) is 0 Å². The molecule has 0 aromatic carbocycles. The van der Waals surface area contributed by atoms with E-state index in [4.69, 9.17) is 10.8 Å². The normalized spacial score (nSPS) is 12.1. The number of aliphatic carboxylic acids is 1. The van der Waals surface area contributed by atoms with Crippen LogP contribution in [-0.2, 0) is 14.4 Å². The van der Waals surface area contributed by atoms with Crippen LogP contribution in [-0.4, -0.2) is 65.9 Å². The van der Waals surface area contributed by atoms with Crippen molar-refractivity contribution in [2.45, 2.75) is 39.2 Å². The van der Waals surface area contributed by atoms with Gasteiger partial charge in [0.05, 0.1) is 6.04 Å². The van der Waals surface area contributed by atoms with E-state index in [9.17, 15) is 14.4 Å². The van der Waals surface area contributed by atoms with Crippen molar-refractivity contribution < 1.29 is 19.5 Å². The van der Waals surface area contributed by atoms with Crippen LogP contribution in [0.15, 0.2) is 0 Å². The van der Waals surface area contributed by atoms with E-state index in [1.807, 2.05) is 13.8 Å². The van der Waals surface area contributed by atoms with E-state index in [0.717, 1.165) is 0 Å². The number of hydrogen-bond acceptors (Lipinski definition) is 4. The molecule has 0 saturated heterocycles. The highest BCUT2D eigenvalue weighted by Gasteiger charge is 2.19. The second kappa shape index (κ2) is 9.33. The Morgan fingerprint density at radius 3 is 2.10 bits per heavy atom. The van der Waals surface area contributed by atoms with Crippen molar-refractivity contribution in [3.8, 4) is 0 Å². The van der Waals surface area contributed by atoms with E-state index in [1.54, 1.807) is 19.0 Å². The molecule has 0 bridgehead atoms. The number of amides is 2. The summed E-state index contributed by atoms with van der Waals surface area (Å²) >= 11 is 0. The Kier molecular flexibility index (Phi) is 8.61. The topological polar surface area (TPSA) is 104 Å². The molecule has 3 N–H and O–H groups in total. The standard InChI is InChI=1S/C14H27N3O4/c1-10(2)9-12(18)16(3)7-8-17(4)14(21)11(15)5-6-13(19)20/h10-11H,5-9,15H2,1-4H3,(H,19,20). The summed E-state index contributed by atoms with van der Waals surface area (Å²) in [5.41, 5.74) is 5.66. The zero-order valence-corrected chi connectivity index (χ0v) is 13.3. The van der Waals surface area contributed by atoms with Crippen molar-refractivity contribution in [3.05, 3.63) is 0 Å². The van der Waals surface area contributed by atoms with Crippen LogP contribution in [0.25, 0.3) is 0 Å². The van der Waals surface area contributed by atoms with Crippen LogP contribution < -0.4 is 5.73 Å². The van der Waals surface area contributed by atoms with Crippen LogP contribution in [0, 0.1) is 5.92 Å². The number of carbonyl (C=O) groups is 3. The molecule has 0 aliphatic rings. The number of carboxylic acid groups (broad SMARTS) is 1. The van der Waals surface area contributed by atoms with E-state index >= 15 is 0 Å². The molecule has 0 saturated carbocycles. The molecule has 0 aromatic heterocycles. The number of nitrogens with zero attached hydrogens (tertiary/aromatic N) is 2. The van der Waals surface area contributed by atoms with Crippen LogP contribution in [0.1, 0.15) is 33.1 Å². The Bertz CT molecular complexity index is 371. The van der Waals surface area contributed by atoms with Crippen molar-refractivity contribution in [1.82, 2.24) is 9.80 Å². The molecule has 0 spiro atoms. The van der Waals surface area contributed by atoms with Gasteiger partial charge in [0.25, 0.3) is 0 Å². The summed E-state index contributed by atoms with van der Waals surface area (Å²) in [5.74, 6) is -0.939. The number of nitrogens with two attached hydrogens (primary N) is 1. The van der Waals surface area contributed by atoms with E-state index in [-0.39, 0.29) is 24.7 Å². The summed E-state index contributed by atoms with van der Waals surface area (Å²) in [6.07, 6.45) is 0.459. The second-order valence-electron chi connectivity index (χ2n) is 5.71. The van der Waals surface area contributed by atoms with Crippen molar-refractivity contribution in [1.29, 1.82) is 0 Å². The van der Waals surface area contributed by atoms with Crippen molar-refractivity contribution >= 4 is 17.8 Å². The molecule has 0 aliphatic heterocycles. The van der Waals surface area contributed by atoms with Gasteiger partial charge in [0.15, 0.2) is 0 Å². The van der Waals surface area contributed by atoms with Crippen molar-refractivity contribution in [2.75, 3.05) is 27.2 Å². The Morgan fingerprint density at radius 2 is 1.62 bits per heavy atom. The summed E-state index contributed by atoms with van der Waals surface area (Å²) in [6, 6.07) is -0.817. The van der Waals surface area contributed by atoms with Gasteiger partial charge in [-0.25, -0.2) is 0 Å². The smallest absolute Gasteiger partial charge is 0.303 e. The average Bonchev–Trinajstić information content (AvgIpc) is 2.39. The van der Waals surface area contributed by atoms with E-state index in [2.05, 4.69) is 0 Å². The van der Waals surface area contributed by atoms with E-state index < -0.39 is 12.0 Å². The van der Waals surface area contributed by atoms with Crippen LogP contribution >= 0.6 is 0 Å². The Labute approximate surface area is 126 Å². The molecule has 0 rings (SSSR count). The van der Waals surface area contributed by atoms with Gasteiger partial charge >= 0.3 is 5.97 Å². The molecule has 0 radical (unpaired) electrons. The third kappa shape index (κ3) is 8.29. The highest BCUT2D eigenvalue weighted by atomic mass is 16.4. The quantitative estimate of drug-likeness (QED) is 0.630. The first-order chi connectivity index (χ1) is 9.65. The highest BCUT2D eigenvalue weighted by Crippen LogP contribution is 2.03. The second-order valence-corrected chi connectivity index (χ2v) is 5.71. The van der Waals surface area contributed by atoms with Crippen LogP contribution in [0.5, 0.6) is 0 Å². The Balaban J connectivity index is 4.17. The van der Waals surface area contributed by atoms with E-state index in [0.29, 0.717) is 25.4 Å². The Hall–Kier alpha value is -1.63. The molecule has 122 valence electrons. The third-order valence-corrected chi connectivity index (χ3v) is 3.14. The van der Waals surface area contributed by atoms with Gasteiger partial charge in [0, 0.05) is 40.0 Å². The lowest BCUT2D eigenvalue weighted by molar-refractivity contribution is -0.138. The molecule has 1 atom stereocenters. The van der Waals surface area contributed by atoms with Gasteiger partial charge in [-0.2, -0.15) is 0 Å². The van der Waals surface area contributed by atoms with Crippen molar-refractivity contribution in [2.24, 2.45) is 11.7 Å². The van der Waals surface area contributed by atoms with Gasteiger partial charge in [0.1, 0.15) is 0 Å². The predicted octanol–water partition coefficient (Wildman–Crippen LogP) is 0.141. The number of rotatable bonds is 9. The predicted molar refractivity (Wildman–Crippen MR) is 79.6 cm³/mol. The first-order valence-electron chi connectivity index (χ1n) is 7.11. The number of carboxylic acids is 1. The van der Waals surface area contributed by atoms with Gasteiger partial charge in [-0.05, 0) is 12.3 Å². The molecular formula is C14H27N3O4. The number of carbonyl (C=O) groups excluding carboxylic acids is 2. The molecule has 21 heavy (non-hydrogen) atoms. The molecule has 7 heteroatoms. The number of likely N-dealkylation sites (N-methyl/N-ethyl adjacent to an activating group) is 2. The molecule has 2 amide bonds. The minimum atomic E-state index is -0.972. The maximum atomic E-state index is 11.9. The summed E-state index contributed by atoms with van der Waals surface area (Å²) in [6.45, 7) is 4.76. The molecule has 7 nitrogen and oxygen atoms in total. The summed E-state index contributed by atoms with van der Waals surface area (Å²) < 4.78 is 0. The monoisotopic (exact) mass is 301 g/mol. The fraction of sp³-hybridized carbons (Fsp3) is 0.786. The zero-order valence-electron chi connectivity index (χ0n) is 13.3. The largest absolute Gasteiger partial charge is 0.481 e. The summed E-state index contributed by atoms with van der Waals surface area (Å²) in [5, 5.41) is 8.57. The minimum Gasteiger partial charge on any atom is -0.481 e. The van der Waals surface area contributed by atoms with Crippen LogP contribution in [0.2, 0.25) is 0 Å². The van der Waals surface area contributed by atoms with Gasteiger partial charge in [-0.3, -0.25) is 14.4 Å². The fourth-order valence-corrected chi connectivity index (χ4v) is 1.73. The maximum Gasteiger partial charge on any atom is 0.303 e. The van der Waals surface area contributed by atoms with Gasteiger partial charge in [-0.15, -0.1) is 0 Å². The third-order valence-electron chi connectivity index (χ3n) is 3.14. The SMILES string of the molecule is CC(C)CC(=O)N(C)CCN(C)C(=O)C(N)CCC(=O)O. The summed E-state index contributed by atoms with van der Waals surface area (Å²) in [7, 11) is 3.30. The molecule has 0 aliphatic carbocycles. The Morgan fingerprint density at radius 1 is 1.10 bits per heavy atom. The zero-order chi connectivity index (χ0) is 16.6. The molecule has 1 unspecified atom stereocenters. The lowest BCUT2D eigenvalue weighted by Gasteiger charge is -2.25. The first-order valence-corrected chi connectivity index (χ1v) is 7.11. The van der Waals surface area contributed by atoms with Gasteiger partial charge in [-0.1, -0.05) is 13.8 Å². The molecular weight excluding hydrogens is 274 g/mol. The molecule has 0 fully saturated rings. The summed E-state index contributed by atoms with van der Waals surface area (Å²) in [4.78, 5) is 37.2. The van der Waals surface area contributed by atoms with E-state index in [1.165, 1.54) is 4.90 Å². The van der Waals surface area contributed by atoms with Crippen LogP contribution in [0.3, 0.4) is 0 Å². The lowest BCUT2D eigenvalue weighted by Crippen LogP contribution is -2.45. The van der Waals surface area contributed by atoms with Gasteiger partial charge in [0.2, 0.25) is 11.8 Å². The first kappa shape index (κ1) is 19.4. The lowest BCUT2D eigenvalue weighted by atomic mass is 10.1. The molecule has 0 aromatic rings. The van der Waals surface area contributed by atoms with Crippen LogP contribution in [0.4, 0.5) is 0 Å². The number of hydrogen-bond donors (Lipinski definition) is 2. The maximum absolute atomic E-state index is 11.9. The minimum absolute atomic E-state index is 0.0426. The average molecular weight is 301 g/mol. The van der Waals surface area contributed by atoms with Gasteiger partial charge < -0.3 is 20.6 Å². The fourth-order valence-electron chi connectivity index (χ4n) is 1.73.